The van der Waals surface area contributed by atoms with Crippen LogP contribution in [0.15, 0.2) is 24.3 Å². The molecule has 1 heterocycles. The summed E-state index contributed by atoms with van der Waals surface area (Å²) in [6, 6.07) is 8.25. The van der Waals surface area contributed by atoms with Crippen LogP contribution in [0.25, 0.3) is 0 Å². The summed E-state index contributed by atoms with van der Waals surface area (Å²) < 4.78 is 0. The van der Waals surface area contributed by atoms with E-state index in [4.69, 9.17) is 0 Å². The average Bonchev–Trinajstić information content (AvgIpc) is 2.33. The average molecular weight is 122 g/mol. The molecule has 0 aromatic heterocycles. The monoisotopic (exact) mass is 122 g/mol. The zero-order valence-corrected chi connectivity index (χ0v) is 5.02. The Hall–Kier alpha value is -1.02. The smallest absolute Gasteiger partial charge is 0.0533 e. The van der Waals surface area contributed by atoms with Crippen molar-refractivity contribution in [3.05, 3.63) is 29.8 Å². The fourth-order valence-corrected chi connectivity index (χ4v) is 1.03. The Morgan fingerprint density at radius 2 is 2.22 bits per heavy atom. The minimum absolute atomic E-state index is 0. The number of benzene rings is 1. The Bertz CT molecular complexity index is 202. The van der Waals surface area contributed by atoms with Crippen molar-refractivity contribution < 1.29 is 1.43 Å². The largest absolute Gasteiger partial charge is 0.321 e. The molecule has 2 N–H and O–H groups in total. The van der Waals surface area contributed by atoms with Crippen molar-refractivity contribution >= 4 is 5.69 Å². The Balaban J connectivity index is 0.000000500. The zero-order chi connectivity index (χ0) is 6.10. The van der Waals surface area contributed by atoms with Gasteiger partial charge in [-0.15, -0.1) is 0 Å². The van der Waals surface area contributed by atoms with E-state index in [9.17, 15) is 0 Å². The van der Waals surface area contributed by atoms with E-state index in [-0.39, 0.29) is 1.43 Å². The molecule has 1 aliphatic heterocycles. The van der Waals surface area contributed by atoms with Gasteiger partial charge in [0.05, 0.1) is 5.69 Å². The highest BCUT2D eigenvalue weighted by Gasteiger charge is 2.05. The minimum atomic E-state index is 0. The van der Waals surface area contributed by atoms with Gasteiger partial charge >= 0.3 is 0 Å². The molecule has 0 saturated heterocycles. The minimum Gasteiger partial charge on any atom is -0.321 e. The highest BCUT2D eigenvalue weighted by atomic mass is 15.4. The fraction of sp³-hybridized carbons (Fsp3) is 0.143. The lowest BCUT2D eigenvalue weighted by Crippen LogP contribution is -2.10. The van der Waals surface area contributed by atoms with Gasteiger partial charge in [-0.05, 0) is 11.6 Å². The molecule has 2 heteroatoms. The first-order chi connectivity index (χ1) is 4.47. The van der Waals surface area contributed by atoms with Crippen LogP contribution in [0.3, 0.4) is 0 Å². The van der Waals surface area contributed by atoms with Gasteiger partial charge in [0, 0.05) is 7.97 Å². The summed E-state index contributed by atoms with van der Waals surface area (Å²) in [5, 5.41) is 0. The Morgan fingerprint density at radius 3 is 3.11 bits per heavy atom. The highest BCUT2D eigenvalue weighted by molar-refractivity contribution is 5.53. The van der Waals surface area contributed by atoms with Crippen LogP contribution in [-0.2, 0) is 6.54 Å². The summed E-state index contributed by atoms with van der Waals surface area (Å²) >= 11 is 0. The molecule has 0 atom stereocenters. The molecule has 0 unspecified atom stereocenters. The summed E-state index contributed by atoms with van der Waals surface area (Å²) in [6.07, 6.45) is 0. The zero-order valence-electron chi connectivity index (χ0n) is 5.02. The normalized spacial score (nSPS) is 14.7. The summed E-state index contributed by atoms with van der Waals surface area (Å²) in [4.78, 5) is 0. The molecule has 2 rings (SSSR count). The molecule has 0 fully saturated rings. The summed E-state index contributed by atoms with van der Waals surface area (Å²) in [5.74, 6) is 0. The molecular weight excluding hydrogens is 112 g/mol. The van der Waals surface area contributed by atoms with E-state index >= 15 is 0 Å². The van der Waals surface area contributed by atoms with E-state index in [1.54, 1.807) is 0 Å². The first-order valence-corrected chi connectivity index (χ1v) is 3.03. The van der Waals surface area contributed by atoms with Gasteiger partial charge in [0.25, 0.3) is 0 Å². The van der Waals surface area contributed by atoms with Crippen LogP contribution >= 0.6 is 0 Å². The Labute approximate surface area is 55.3 Å². The number of hydrogen-bond acceptors (Lipinski definition) is 2. The van der Waals surface area contributed by atoms with Gasteiger partial charge in [-0.25, -0.2) is 5.43 Å². The maximum atomic E-state index is 3.05. The molecule has 0 spiro atoms. The molecule has 0 saturated carbocycles. The van der Waals surface area contributed by atoms with Gasteiger partial charge in [-0.3, -0.25) is 0 Å². The number of anilines is 1. The van der Waals surface area contributed by atoms with Crippen LogP contribution in [0.4, 0.5) is 5.69 Å². The number of fused-ring (bicyclic) bond motifs is 1. The number of hydrogen-bond donors (Lipinski definition) is 2. The van der Waals surface area contributed by atoms with E-state index in [1.165, 1.54) is 11.3 Å². The molecule has 2 nitrogen and oxygen atoms in total. The van der Waals surface area contributed by atoms with Gasteiger partial charge in [-0.1, -0.05) is 18.2 Å². The van der Waals surface area contributed by atoms with Crippen LogP contribution in [0.2, 0.25) is 0 Å². The molecule has 1 aromatic carbocycles. The lowest BCUT2D eigenvalue weighted by atomic mass is 10.2. The van der Waals surface area contributed by atoms with Gasteiger partial charge in [-0.2, -0.15) is 0 Å². The van der Waals surface area contributed by atoms with Gasteiger partial charge in [0.15, 0.2) is 0 Å². The van der Waals surface area contributed by atoms with Crippen LogP contribution in [0.5, 0.6) is 0 Å². The van der Waals surface area contributed by atoms with Crippen LogP contribution < -0.4 is 10.9 Å². The second-order valence-electron chi connectivity index (χ2n) is 2.14. The van der Waals surface area contributed by atoms with Crippen molar-refractivity contribution in [2.75, 3.05) is 5.43 Å². The van der Waals surface area contributed by atoms with Crippen molar-refractivity contribution in [2.24, 2.45) is 0 Å². The third kappa shape index (κ3) is 0.678. The van der Waals surface area contributed by atoms with Crippen LogP contribution in [-0.4, -0.2) is 0 Å². The maximum Gasteiger partial charge on any atom is 0.0533 e. The van der Waals surface area contributed by atoms with E-state index in [1.807, 2.05) is 12.1 Å². The first kappa shape index (κ1) is 4.82. The third-order valence-electron chi connectivity index (χ3n) is 1.52. The van der Waals surface area contributed by atoms with Gasteiger partial charge < -0.3 is 5.43 Å². The van der Waals surface area contributed by atoms with E-state index in [0.29, 0.717) is 0 Å². The van der Waals surface area contributed by atoms with Gasteiger partial charge in [0.1, 0.15) is 0 Å². The molecule has 1 aliphatic rings. The second kappa shape index (κ2) is 1.74. The Morgan fingerprint density at radius 1 is 1.33 bits per heavy atom. The maximum absolute atomic E-state index is 3.05. The van der Waals surface area contributed by atoms with Crippen LogP contribution in [0.1, 0.15) is 6.99 Å². The molecule has 48 valence electrons. The van der Waals surface area contributed by atoms with E-state index in [0.717, 1.165) is 6.54 Å². The van der Waals surface area contributed by atoms with Crippen LogP contribution in [0, 0.1) is 0 Å². The second-order valence-corrected chi connectivity index (χ2v) is 2.14. The summed E-state index contributed by atoms with van der Waals surface area (Å²) in [7, 11) is 0. The number of para-hydroxylation sites is 1. The van der Waals surface area contributed by atoms with Crippen molar-refractivity contribution in [3.63, 3.8) is 0 Å². The topological polar surface area (TPSA) is 24.1 Å². The standard InChI is InChI=1S/C7H8N2.H2/c1-2-4-7-6(3-1)5-8-9-7;/h1-4,8-9H,5H2;1H. The summed E-state index contributed by atoms with van der Waals surface area (Å²) in [6.45, 7) is 0.941. The molecule has 1 aromatic rings. The van der Waals surface area contributed by atoms with Crippen molar-refractivity contribution in [2.45, 2.75) is 6.54 Å². The fourth-order valence-electron chi connectivity index (χ4n) is 1.03. The Kier molecular flexibility index (Phi) is 0.932. The van der Waals surface area contributed by atoms with E-state index < -0.39 is 0 Å². The number of hydrazine groups is 1. The lowest BCUT2D eigenvalue weighted by molar-refractivity contribution is 0.860. The molecule has 0 aliphatic carbocycles. The molecule has 9 heavy (non-hydrogen) atoms. The SMILES string of the molecule is [HH].c1ccc2c(c1)CNN2. The van der Waals surface area contributed by atoms with Crippen molar-refractivity contribution in [1.82, 2.24) is 5.43 Å². The van der Waals surface area contributed by atoms with Crippen molar-refractivity contribution in [3.8, 4) is 0 Å². The predicted octanol–water partition coefficient (Wildman–Crippen LogP) is 1.36. The predicted molar refractivity (Wildman–Crippen MR) is 39.0 cm³/mol. The molecule has 0 amide bonds. The number of nitrogens with one attached hydrogen (secondary N) is 2. The summed E-state index contributed by atoms with van der Waals surface area (Å²) in [5.41, 5.74) is 8.64. The van der Waals surface area contributed by atoms with Gasteiger partial charge in [0.2, 0.25) is 0 Å². The first-order valence-electron chi connectivity index (χ1n) is 3.03. The molecular formula is C7H10N2. The van der Waals surface area contributed by atoms with Crippen molar-refractivity contribution in [1.29, 1.82) is 0 Å². The number of rotatable bonds is 0. The molecule has 0 bridgehead atoms. The molecule has 0 radical (unpaired) electrons. The lowest BCUT2D eigenvalue weighted by Gasteiger charge is -1.93. The van der Waals surface area contributed by atoms with E-state index in [2.05, 4.69) is 23.0 Å². The quantitative estimate of drug-likeness (QED) is 0.543. The highest BCUT2D eigenvalue weighted by Crippen LogP contribution is 2.17. The third-order valence-corrected chi connectivity index (χ3v) is 1.52.